The van der Waals surface area contributed by atoms with Crippen LogP contribution in [-0.4, -0.2) is 25.5 Å². The second-order valence-corrected chi connectivity index (χ2v) is 5.68. The maximum Gasteiger partial charge on any atom is 0.313 e. The molecule has 0 aliphatic rings. The molecule has 1 unspecified atom stereocenters. The molecular weight excluding hydrogens is 342 g/mol. The molecule has 1 atom stereocenters. The molecule has 138 valence electrons. The number of nitrogens with one attached hydrogen (secondary N) is 2. The number of halogens is 2. The summed E-state index contributed by atoms with van der Waals surface area (Å²) in [6.07, 6.45) is 0.568. The van der Waals surface area contributed by atoms with Crippen LogP contribution in [0.25, 0.3) is 0 Å². The van der Waals surface area contributed by atoms with Crippen LogP contribution in [-0.2, 0) is 19.9 Å². The maximum absolute atomic E-state index is 13.2. The Morgan fingerprint density at radius 2 is 1.73 bits per heavy atom. The van der Waals surface area contributed by atoms with Crippen molar-refractivity contribution in [2.24, 2.45) is 0 Å². The summed E-state index contributed by atoms with van der Waals surface area (Å²) in [5.74, 6) is -4.04. The third-order valence-corrected chi connectivity index (χ3v) is 4.18. The Labute approximate surface area is 150 Å². The fourth-order valence-electron chi connectivity index (χ4n) is 2.57. The minimum absolute atomic E-state index is 0.0133. The smallest absolute Gasteiger partial charge is 0.313 e. The van der Waals surface area contributed by atoms with Crippen molar-refractivity contribution in [3.63, 3.8) is 0 Å². The first-order valence-electron chi connectivity index (χ1n) is 8.07. The van der Waals surface area contributed by atoms with Gasteiger partial charge < -0.3 is 15.4 Å². The highest BCUT2D eigenvalue weighted by Crippen LogP contribution is 2.28. The van der Waals surface area contributed by atoms with E-state index in [4.69, 9.17) is 4.74 Å². The fourth-order valence-corrected chi connectivity index (χ4v) is 2.57. The number of rotatable bonds is 6. The van der Waals surface area contributed by atoms with E-state index in [2.05, 4.69) is 10.6 Å². The number of amides is 2. The van der Waals surface area contributed by atoms with Gasteiger partial charge in [-0.3, -0.25) is 9.59 Å². The van der Waals surface area contributed by atoms with Crippen molar-refractivity contribution in [3.05, 3.63) is 65.7 Å². The van der Waals surface area contributed by atoms with Crippen LogP contribution in [0, 0.1) is 11.6 Å². The lowest BCUT2D eigenvalue weighted by Crippen LogP contribution is -2.45. The predicted octanol–water partition coefficient (Wildman–Crippen LogP) is 2.97. The second kappa shape index (κ2) is 8.53. The van der Waals surface area contributed by atoms with Gasteiger partial charge in [0.15, 0.2) is 11.6 Å². The van der Waals surface area contributed by atoms with Crippen LogP contribution in [0.15, 0.2) is 48.5 Å². The average Bonchev–Trinajstić information content (AvgIpc) is 2.66. The molecule has 5 nitrogen and oxygen atoms in total. The van der Waals surface area contributed by atoms with Crippen LogP contribution in [0.5, 0.6) is 0 Å². The van der Waals surface area contributed by atoms with Crippen LogP contribution in [0.4, 0.5) is 14.5 Å². The normalized spacial score (nSPS) is 12.9. The van der Waals surface area contributed by atoms with Gasteiger partial charge in [0.05, 0.1) is 6.54 Å². The molecule has 0 spiro atoms. The third kappa shape index (κ3) is 4.43. The maximum atomic E-state index is 13.2. The van der Waals surface area contributed by atoms with Crippen LogP contribution in [0.1, 0.15) is 18.9 Å². The number of ether oxygens (including phenoxy) is 1. The summed E-state index contributed by atoms with van der Waals surface area (Å²) >= 11 is 0. The van der Waals surface area contributed by atoms with E-state index in [1.807, 2.05) is 37.3 Å². The summed E-state index contributed by atoms with van der Waals surface area (Å²) in [5, 5.41) is 4.75. The van der Waals surface area contributed by atoms with Gasteiger partial charge in [-0.2, -0.15) is 0 Å². The van der Waals surface area contributed by atoms with E-state index in [0.717, 1.165) is 17.7 Å². The molecular formula is C19H20F2N2O3. The number of hydrogen-bond donors (Lipinski definition) is 2. The molecule has 2 aromatic rings. The summed E-state index contributed by atoms with van der Waals surface area (Å²) in [6, 6.07) is 12.2. The minimum atomic E-state index is -1.11. The first-order valence-corrected chi connectivity index (χ1v) is 8.07. The van der Waals surface area contributed by atoms with Crippen LogP contribution in [0.2, 0.25) is 0 Å². The van der Waals surface area contributed by atoms with Gasteiger partial charge in [0.2, 0.25) is 0 Å². The number of carbonyl (C=O) groups is 2. The van der Waals surface area contributed by atoms with Crippen molar-refractivity contribution in [1.82, 2.24) is 5.32 Å². The van der Waals surface area contributed by atoms with Gasteiger partial charge in [-0.05, 0) is 24.1 Å². The first kappa shape index (κ1) is 19.5. The number of hydrogen-bond acceptors (Lipinski definition) is 3. The van der Waals surface area contributed by atoms with E-state index in [9.17, 15) is 18.4 Å². The molecule has 2 amide bonds. The Kier molecular flexibility index (Phi) is 6.41. The Balaban J connectivity index is 2.03. The number of benzene rings is 2. The van der Waals surface area contributed by atoms with Gasteiger partial charge >= 0.3 is 11.8 Å². The summed E-state index contributed by atoms with van der Waals surface area (Å²) in [6.45, 7) is 1.98. The predicted molar refractivity (Wildman–Crippen MR) is 93.4 cm³/mol. The van der Waals surface area contributed by atoms with Crippen molar-refractivity contribution < 1.29 is 23.1 Å². The summed E-state index contributed by atoms with van der Waals surface area (Å²) in [4.78, 5) is 24.0. The summed E-state index contributed by atoms with van der Waals surface area (Å²) in [7, 11) is 1.53. The van der Waals surface area contributed by atoms with E-state index in [1.54, 1.807) is 0 Å². The lowest BCUT2D eigenvalue weighted by molar-refractivity contribution is -0.137. The molecule has 2 aromatic carbocycles. The van der Waals surface area contributed by atoms with Crippen LogP contribution in [0.3, 0.4) is 0 Å². The number of methoxy groups -OCH3 is 1. The molecule has 2 rings (SSSR count). The summed E-state index contributed by atoms with van der Waals surface area (Å²) < 4.78 is 31.7. The molecule has 0 aliphatic carbocycles. The molecule has 0 fully saturated rings. The highest BCUT2D eigenvalue weighted by Gasteiger charge is 2.31. The SMILES string of the molecule is CCC(CNC(=O)C(=O)Nc1ccc(F)c(F)c1)(OC)c1ccccc1. The molecule has 0 aliphatic heterocycles. The molecule has 0 saturated carbocycles. The van der Waals surface area contributed by atoms with E-state index in [-0.39, 0.29) is 12.2 Å². The highest BCUT2D eigenvalue weighted by molar-refractivity contribution is 6.39. The van der Waals surface area contributed by atoms with Gasteiger partial charge in [-0.1, -0.05) is 37.3 Å². The largest absolute Gasteiger partial charge is 0.372 e. The van der Waals surface area contributed by atoms with Gasteiger partial charge in [-0.15, -0.1) is 0 Å². The Hall–Kier alpha value is -2.80. The van der Waals surface area contributed by atoms with E-state index in [0.29, 0.717) is 6.42 Å². The molecule has 0 heterocycles. The highest BCUT2D eigenvalue weighted by atomic mass is 19.2. The standard InChI is InChI=1S/C19H20F2N2O3/c1-3-19(26-2,13-7-5-4-6-8-13)12-22-17(24)18(25)23-14-9-10-15(20)16(21)11-14/h4-11H,3,12H2,1-2H3,(H,22,24)(H,23,25). The average molecular weight is 362 g/mol. The van der Waals surface area contributed by atoms with Gasteiger partial charge in [0, 0.05) is 18.9 Å². The Morgan fingerprint density at radius 3 is 2.31 bits per heavy atom. The lowest BCUT2D eigenvalue weighted by atomic mass is 9.90. The van der Waals surface area contributed by atoms with Crippen molar-refractivity contribution in [2.45, 2.75) is 18.9 Å². The Morgan fingerprint density at radius 1 is 1.04 bits per heavy atom. The third-order valence-electron chi connectivity index (χ3n) is 4.18. The van der Waals surface area contributed by atoms with Crippen molar-refractivity contribution in [2.75, 3.05) is 19.0 Å². The second-order valence-electron chi connectivity index (χ2n) is 5.68. The minimum Gasteiger partial charge on any atom is -0.372 e. The molecule has 0 saturated heterocycles. The molecule has 0 radical (unpaired) electrons. The molecule has 0 aromatic heterocycles. The zero-order valence-electron chi connectivity index (χ0n) is 14.5. The zero-order chi connectivity index (χ0) is 19.2. The van der Waals surface area contributed by atoms with E-state index in [1.165, 1.54) is 13.2 Å². The molecule has 7 heteroatoms. The van der Waals surface area contributed by atoms with Crippen LogP contribution < -0.4 is 10.6 Å². The van der Waals surface area contributed by atoms with E-state index < -0.39 is 29.0 Å². The topological polar surface area (TPSA) is 67.4 Å². The molecule has 26 heavy (non-hydrogen) atoms. The van der Waals surface area contributed by atoms with Crippen molar-refractivity contribution >= 4 is 17.5 Å². The fraction of sp³-hybridized carbons (Fsp3) is 0.263. The van der Waals surface area contributed by atoms with E-state index >= 15 is 0 Å². The number of carbonyl (C=O) groups excluding carboxylic acids is 2. The van der Waals surface area contributed by atoms with Crippen LogP contribution >= 0.6 is 0 Å². The van der Waals surface area contributed by atoms with Gasteiger partial charge in [0.25, 0.3) is 0 Å². The Bertz CT molecular complexity index is 778. The molecule has 2 N–H and O–H groups in total. The van der Waals surface area contributed by atoms with Gasteiger partial charge in [0.1, 0.15) is 5.60 Å². The quantitative estimate of drug-likeness (QED) is 0.777. The van der Waals surface area contributed by atoms with Crippen molar-refractivity contribution in [1.29, 1.82) is 0 Å². The molecule has 0 bridgehead atoms. The zero-order valence-corrected chi connectivity index (χ0v) is 14.5. The first-order chi connectivity index (χ1) is 12.4. The summed E-state index contributed by atoms with van der Waals surface area (Å²) in [5.41, 5.74) is 0.0750. The lowest BCUT2D eigenvalue weighted by Gasteiger charge is -2.32. The van der Waals surface area contributed by atoms with Gasteiger partial charge in [-0.25, -0.2) is 8.78 Å². The number of anilines is 1. The monoisotopic (exact) mass is 362 g/mol. The van der Waals surface area contributed by atoms with Crippen molar-refractivity contribution in [3.8, 4) is 0 Å².